The van der Waals surface area contributed by atoms with Gasteiger partial charge in [-0.1, -0.05) is 0 Å². The van der Waals surface area contributed by atoms with Crippen LogP contribution in [0.5, 0.6) is 0 Å². The van der Waals surface area contributed by atoms with Crippen molar-refractivity contribution in [2.24, 2.45) is 5.73 Å². The topological polar surface area (TPSA) is 80.4 Å². The van der Waals surface area contributed by atoms with E-state index in [2.05, 4.69) is 0 Å². The van der Waals surface area contributed by atoms with E-state index in [1.54, 1.807) is 0 Å². The zero-order chi connectivity index (χ0) is 8.41. The monoisotopic (exact) mass is 167 g/mol. The van der Waals surface area contributed by atoms with Gasteiger partial charge in [0.2, 0.25) is 0 Å². The van der Waals surface area contributed by atoms with Gasteiger partial charge in [-0.25, -0.2) is 8.42 Å². The lowest BCUT2D eigenvalue weighted by atomic mass is 10.4. The fraction of sp³-hybridized carbons (Fsp3) is 1.00. The molecule has 0 radical (unpaired) electrons. The standard InChI is InChI=1S/C5H13NO3S/c1-5(2,6)10(8,9)4-3-7/h7H,3-4,6H2,1-2H3. The number of hydrogen-bond donors (Lipinski definition) is 2. The van der Waals surface area contributed by atoms with Crippen LogP contribution < -0.4 is 5.73 Å². The van der Waals surface area contributed by atoms with Gasteiger partial charge in [0.15, 0.2) is 9.84 Å². The molecule has 0 atom stereocenters. The van der Waals surface area contributed by atoms with Crippen LogP contribution in [0.2, 0.25) is 0 Å². The smallest absolute Gasteiger partial charge is 0.170 e. The molecular formula is C5H13NO3S. The maximum absolute atomic E-state index is 11.0. The first-order valence-electron chi connectivity index (χ1n) is 2.93. The normalized spacial score (nSPS) is 13.6. The van der Waals surface area contributed by atoms with Crippen molar-refractivity contribution >= 4 is 9.84 Å². The highest BCUT2D eigenvalue weighted by molar-refractivity contribution is 7.92. The van der Waals surface area contributed by atoms with Gasteiger partial charge in [0.25, 0.3) is 0 Å². The zero-order valence-corrected chi connectivity index (χ0v) is 6.98. The van der Waals surface area contributed by atoms with Crippen molar-refractivity contribution in [3.05, 3.63) is 0 Å². The molecule has 0 saturated heterocycles. The van der Waals surface area contributed by atoms with Crippen LogP contribution in [0.4, 0.5) is 0 Å². The van der Waals surface area contributed by atoms with Crippen LogP contribution in [0.1, 0.15) is 13.8 Å². The van der Waals surface area contributed by atoms with E-state index in [1.165, 1.54) is 13.8 Å². The van der Waals surface area contributed by atoms with Crippen molar-refractivity contribution in [3.8, 4) is 0 Å². The summed E-state index contributed by atoms with van der Waals surface area (Å²) in [7, 11) is -3.32. The Kier molecular flexibility index (Phi) is 2.82. The molecule has 10 heavy (non-hydrogen) atoms. The van der Waals surface area contributed by atoms with Gasteiger partial charge in [-0.15, -0.1) is 0 Å². The molecule has 0 aliphatic heterocycles. The highest BCUT2D eigenvalue weighted by atomic mass is 32.2. The van der Waals surface area contributed by atoms with E-state index in [-0.39, 0.29) is 12.4 Å². The fourth-order valence-corrected chi connectivity index (χ4v) is 1.15. The number of sulfone groups is 1. The predicted octanol–water partition coefficient (Wildman–Crippen LogP) is -0.912. The molecule has 62 valence electrons. The molecule has 0 aromatic rings. The summed E-state index contributed by atoms with van der Waals surface area (Å²) in [6, 6.07) is 0. The van der Waals surface area contributed by atoms with E-state index in [4.69, 9.17) is 10.8 Å². The number of aliphatic hydroxyl groups is 1. The summed E-state index contributed by atoms with van der Waals surface area (Å²) in [6.07, 6.45) is 0. The molecule has 3 N–H and O–H groups in total. The molecule has 0 saturated carbocycles. The van der Waals surface area contributed by atoms with Crippen LogP contribution >= 0.6 is 0 Å². The van der Waals surface area contributed by atoms with Gasteiger partial charge < -0.3 is 10.8 Å². The second-order valence-electron chi connectivity index (χ2n) is 2.65. The Morgan fingerprint density at radius 1 is 1.50 bits per heavy atom. The second-order valence-corrected chi connectivity index (χ2v) is 5.34. The Labute approximate surface area is 61.0 Å². The third-order valence-electron chi connectivity index (χ3n) is 1.16. The predicted molar refractivity (Wildman–Crippen MR) is 39.1 cm³/mol. The molecule has 0 unspecified atom stereocenters. The third-order valence-corrected chi connectivity index (χ3v) is 3.48. The Balaban J connectivity index is 4.44. The van der Waals surface area contributed by atoms with E-state index in [0.29, 0.717) is 0 Å². The van der Waals surface area contributed by atoms with E-state index in [1.807, 2.05) is 0 Å². The molecule has 0 heterocycles. The second kappa shape index (κ2) is 2.86. The van der Waals surface area contributed by atoms with Crippen molar-refractivity contribution in [3.63, 3.8) is 0 Å². The van der Waals surface area contributed by atoms with E-state index >= 15 is 0 Å². The van der Waals surface area contributed by atoms with Gasteiger partial charge in [-0.2, -0.15) is 0 Å². The van der Waals surface area contributed by atoms with Crippen molar-refractivity contribution in [1.82, 2.24) is 0 Å². The molecule has 0 rings (SSSR count). The fourth-order valence-electron chi connectivity index (χ4n) is 0.383. The Bertz CT molecular complexity index is 189. The SMILES string of the molecule is CC(C)(N)S(=O)(=O)CCO. The quantitative estimate of drug-likeness (QED) is 0.570. The van der Waals surface area contributed by atoms with E-state index < -0.39 is 14.7 Å². The van der Waals surface area contributed by atoms with Gasteiger partial charge in [0.1, 0.15) is 4.87 Å². The lowest BCUT2D eigenvalue weighted by molar-refractivity contribution is 0.318. The summed E-state index contributed by atoms with van der Waals surface area (Å²) >= 11 is 0. The minimum atomic E-state index is -3.32. The van der Waals surface area contributed by atoms with Crippen LogP contribution in [0.25, 0.3) is 0 Å². The maximum Gasteiger partial charge on any atom is 0.170 e. The Morgan fingerprint density at radius 3 is 2.00 bits per heavy atom. The first-order chi connectivity index (χ1) is 4.31. The summed E-state index contributed by atoms with van der Waals surface area (Å²) in [5.41, 5.74) is 5.30. The van der Waals surface area contributed by atoms with Gasteiger partial charge in [-0.05, 0) is 13.8 Å². The van der Waals surface area contributed by atoms with Gasteiger partial charge in [-0.3, -0.25) is 0 Å². The first kappa shape index (κ1) is 9.87. The van der Waals surface area contributed by atoms with Crippen molar-refractivity contribution in [2.45, 2.75) is 18.7 Å². The number of hydrogen-bond acceptors (Lipinski definition) is 4. The summed E-state index contributed by atoms with van der Waals surface area (Å²) in [5, 5.41) is 8.33. The lowest BCUT2D eigenvalue weighted by Gasteiger charge is -2.17. The highest BCUT2D eigenvalue weighted by Gasteiger charge is 2.28. The summed E-state index contributed by atoms with van der Waals surface area (Å²) in [5.74, 6) is -0.267. The highest BCUT2D eigenvalue weighted by Crippen LogP contribution is 2.08. The molecule has 0 aromatic heterocycles. The van der Waals surface area contributed by atoms with Gasteiger partial charge >= 0.3 is 0 Å². The van der Waals surface area contributed by atoms with E-state index in [0.717, 1.165) is 0 Å². The molecule has 0 bridgehead atoms. The van der Waals surface area contributed by atoms with Crippen molar-refractivity contribution in [2.75, 3.05) is 12.4 Å². The van der Waals surface area contributed by atoms with Gasteiger partial charge in [0, 0.05) is 0 Å². The van der Waals surface area contributed by atoms with Crippen LogP contribution in [-0.2, 0) is 9.84 Å². The van der Waals surface area contributed by atoms with Crippen molar-refractivity contribution in [1.29, 1.82) is 0 Å². The molecule has 0 fully saturated rings. The average molecular weight is 167 g/mol. The zero-order valence-electron chi connectivity index (χ0n) is 6.16. The largest absolute Gasteiger partial charge is 0.395 e. The lowest BCUT2D eigenvalue weighted by Crippen LogP contribution is -2.43. The Hall–Kier alpha value is -0.130. The average Bonchev–Trinajstić information content (AvgIpc) is 1.61. The summed E-state index contributed by atoms with van der Waals surface area (Å²) < 4.78 is 21.9. The van der Waals surface area contributed by atoms with Crippen LogP contribution in [-0.4, -0.2) is 30.8 Å². The minimum absolute atomic E-state index is 0.267. The maximum atomic E-state index is 11.0. The molecule has 0 aliphatic rings. The van der Waals surface area contributed by atoms with E-state index in [9.17, 15) is 8.42 Å². The van der Waals surface area contributed by atoms with Crippen LogP contribution in [0.3, 0.4) is 0 Å². The molecular weight excluding hydrogens is 154 g/mol. The van der Waals surface area contributed by atoms with Crippen molar-refractivity contribution < 1.29 is 13.5 Å². The molecule has 4 nitrogen and oxygen atoms in total. The molecule has 5 heteroatoms. The van der Waals surface area contributed by atoms with Crippen LogP contribution in [0, 0.1) is 0 Å². The third kappa shape index (κ3) is 2.24. The molecule has 0 aliphatic carbocycles. The van der Waals surface area contributed by atoms with Crippen LogP contribution in [0.15, 0.2) is 0 Å². The Morgan fingerprint density at radius 2 is 1.90 bits per heavy atom. The molecule has 0 amide bonds. The number of nitrogens with two attached hydrogens (primary N) is 1. The summed E-state index contributed by atoms with van der Waals surface area (Å²) in [4.78, 5) is -1.24. The molecule has 0 aromatic carbocycles. The molecule has 0 spiro atoms. The van der Waals surface area contributed by atoms with Gasteiger partial charge in [0.05, 0.1) is 12.4 Å². The minimum Gasteiger partial charge on any atom is -0.395 e. The number of rotatable bonds is 3. The summed E-state index contributed by atoms with van der Waals surface area (Å²) in [6.45, 7) is 2.43. The first-order valence-corrected chi connectivity index (χ1v) is 4.58. The number of aliphatic hydroxyl groups excluding tert-OH is 1.